The number of hydrogen-bond donors (Lipinski definition) is 2. The van der Waals surface area contributed by atoms with Crippen LogP contribution >= 0.6 is 0 Å². The minimum Gasteiger partial charge on any atom is -0.385 e. The second-order valence-corrected chi connectivity index (χ2v) is 13.4. The molecule has 0 radical (unpaired) electrons. The molecule has 0 saturated carbocycles. The lowest BCUT2D eigenvalue weighted by molar-refractivity contribution is 0.466. The molecule has 0 aromatic heterocycles. The number of aryl methyl sites for hydroxylation is 4. The number of hydrogen-bond acceptors (Lipinski definition) is 2. The maximum Gasteiger partial charge on any atom is 0.0895 e. The topological polar surface area (TPSA) is 24.1 Å². The number of halogens is 1. The summed E-state index contributed by atoms with van der Waals surface area (Å²) in [5.41, 5.74) is 16.6. The van der Waals surface area contributed by atoms with Crippen LogP contribution in [0.4, 0.5) is 15.8 Å². The Hall–Kier alpha value is -4.89. The molecule has 1 aliphatic carbocycles. The van der Waals surface area contributed by atoms with Crippen molar-refractivity contribution in [2.45, 2.75) is 80.7 Å². The van der Waals surface area contributed by atoms with E-state index in [1.165, 1.54) is 62.1 Å². The first-order chi connectivity index (χ1) is 24.6. The monoisotopic (exact) mass is 682 g/mol. The smallest absolute Gasteiger partial charge is 0.0895 e. The zero-order chi connectivity index (χ0) is 37.0. The predicted octanol–water partition coefficient (Wildman–Crippen LogP) is 13.6. The minimum absolute atomic E-state index is 0.227. The summed E-state index contributed by atoms with van der Waals surface area (Å²) in [5.74, 6) is 0. The Bertz CT molecular complexity index is 1760. The average molecular weight is 683 g/mol. The van der Waals surface area contributed by atoms with Gasteiger partial charge in [-0.2, -0.15) is 0 Å². The number of anilines is 2. The summed E-state index contributed by atoms with van der Waals surface area (Å²) in [6.07, 6.45) is 6.06. The number of unbranched alkanes of at least 4 members (excludes halogenated alkanes) is 1. The molecule has 268 valence electrons. The molecule has 6 rings (SSSR count). The van der Waals surface area contributed by atoms with Crippen LogP contribution < -0.4 is 10.6 Å². The Morgan fingerprint density at radius 3 is 1.82 bits per heavy atom. The number of rotatable bonds is 10. The van der Waals surface area contributed by atoms with Crippen LogP contribution in [0.5, 0.6) is 0 Å². The lowest BCUT2D eigenvalue weighted by atomic mass is 10.0. The fraction of sp³-hybridized carbons (Fsp3) is 0.292. The highest BCUT2D eigenvalue weighted by Crippen LogP contribution is 2.32. The first-order valence-electron chi connectivity index (χ1n) is 18.4. The molecular formula is C48H59FN2. The van der Waals surface area contributed by atoms with E-state index in [0.29, 0.717) is 6.42 Å². The molecule has 0 atom stereocenters. The van der Waals surface area contributed by atoms with Crippen LogP contribution in [0, 0.1) is 27.7 Å². The molecule has 0 saturated heterocycles. The molecule has 0 amide bonds. The Morgan fingerprint density at radius 2 is 1.25 bits per heavy atom. The van der Waals surface area contributed by atoms with Crippen LogP contribution in [0.1, 0.15) is 90.1 Å². The summed E-state index contributed by atoms with van der Waals surface area (Å²) in [7, 11) is 0. The summed E-state index contributed by atoms with van der Waals surface area (Å²) >= 11 is 0. The average Bonchev–Trinajstić information content (AvgIpc) is 3.56. The third kappa shape index (κ3) is 14.5. The molecule has 5 aromatic carbocycles. The third-order valence-electron chi connectivity index (χ3n) is 8.57. The molecule has 0 heterocycles. The van der Waals surface area contributed by atoms with Gasteiger partial charge >= 0.3 is 0 Å². The van der Waals surface area contributed by atoms with Crippen molar-refractivity contribution < 1.29 is 4.39 Å². The Labute approximate surface area is 308 Å². The van der Waals surface area contributed by atoms with Gasteiger partial charge in [0.2, 0.25) is 0 Å². The highest BCUT2D eigenvalue weighted by Gasteiger charge is 2.14. The quantitative estimate of drug-likeness (QED) is 0.143. The summed E-state index contributed by atoms with van der Waals surface area (Å²) in [5, 5.41) is 6.75. The van der Waals surface area contributed by atoms with E-state index in [1.807, 2.05) is 6.92 Å². The van der Waals surface area contributed by atoms with Gasteiger partial charge in [-0.1, -0.05) is 141 Å². The summed E-state index contributed by atoms with van der Waals surface area (Å²) < 4.78 is 12.0. The van der Waals surface area contributed by atoms with Gasteiger partial charge in [0.05, 0.1) is 6.67 Å². The van der Waals surface area contributed by atoms with E-state index in [-0.39, 0.29) is 6.67 Å². The predicted molar refractivity (Wildman–Crippen MR) is 224 cm³/mol. The van der Waals surface area contributed by atoms with Crippen molar-refractivity contribution in [3.8, 4) is 0 Å². The van der Waals surface area contributed by atoms with Gasteiger partial charge in [0.1, 0.15) is 0 Å². The molecule has 0 aliphatic heterocycles. The van der Waals surface area contributed by atoms with Gasteiger partial charge < -0.3 is 10.6 Å². The van der Waals surface area contributed by atoms with Crippen LogP contribution in [0.2, 0.25) is 0 Å². The second-order valence-electron chi connectivity index (χ2n) is 13.4. The van der Waals surface area contributed by atoms with Gasteiger partial charge in [-0.15, -0.1) is 0 Å². The lowest BCUT2D eigenvalue weighted by Gasteiger charge is -2.08. The van der Waals surface area contributed by atoms with E-state index in [4.69, 9.17) is 0 Å². The van der Waals surface area contributed by atoms with Gasteiger partial charge in [-0.3, -0.25) is 4.39 Å². The Kier molecular flexibility index (Phi) is 17.5. The number of benzene rings is 5. The van der Waals surface area contributed by atoms with Gasteiger partial charge in [-0.05, 0) is 123 Å². The normalized spacial score (nSPS) is 10.9. The highest BCUT2D eigenvalue weighted by atomic mass is 19.1. The maximum absolute atomic E-state index is 12.0. The SMILES string of the molecule is C=C(C)c1ccc(NCc2ccc(C)cc2)cc1.CCC.Cc1ccc2c(c1)CC(c1ccc(NCCCCF)cc1)=C2.Cc1ccccc1C. The standard InChI is InChI=1S/C20H22FN.C17H19N.C8H10.C3H8/c1-15-4-5-17-13-19(14-18(17)12-15)16-6-8-20(9-7-16)22-11-3-2-10-21;1-13(2)16-8-10-17(11-9-16)18-12-15-6-4-14(3)5-7-15;1-7-5-3-4-6-8(7)2;1-3-2/h4-9,12-13,22H,2-3,10-11,14H2,1H3;4-11,18H,1,12H2,2-3H3;3-6H,1-2H3;3H2,1-2H3. The van der Waals surface area contributed by atoms with Crippen LogP contribution in [0.25, 0.3) is 17.2 Å². The van der Waals surface area contributed by atoms with Crippen LogP contribution in [-0.2, 0) is 13.0 Å². The molecule has 2 nitrogen and oxygen atoms in total. The maximum atomic E-state index is 12.0. The van der Waals surface area contributed by atoms with Crippen molar-refractivity contribution in [1.29, 1.82) is 0 Å². The molecule has 5 aromatic rings. The molecule has 3 heteroatoms. The molecule has 0 spiro atoms. The summed E-state index contributed by atoms with van der Waals surface area (Å²) in [6, 6.07) is 40.5. The molecular weight excluding hydrogens is 624 g/mol. The molecule has 0 bridgehead atoms. The van der Waals surface area contributed by atoms with E-state index in [0.717, 1.165) is 42.9 Å². The molecule has 2 N–H and O–H groups in total. The Morgan fingerprint density at radius 1 is 0.686 bits per heavy atom. The van der Waals surface area contributed by atoms with Crippen molar-refractivity contribution in [3.05, 3.63) is 172 Å². The molecule has 0 fully saturated rings. The zero-order valence-electron chi connectivity index (χ0n) is 32.1. The molecule has 51 heavy (non-hydrogen) atoms. The lowest BCUT2D eigenvalue weighted by Crippen LogP contribution is -2.01. The largest absolute Gasteiger partial charge is 0.385 e. The third-order valence-corrected chi connectivity index (χ3v) is 8.57. The van der Waals surface area contributed by atoms with Gasteiger partial charge in [0.15, 0.2) is 0 Å². The van der Waals surface area contributed by atoms with Crippen LogP contribution in [0.15, 0.2) is 122 Å². The number of alkyl halides is 1. The fourth-order valence-corrected chi connectivity index (χ4v) is 5.36. The van der Waals surface area contributed by atoms with Crippen molar-refractivity contribution in [2.24, 2.45) is 0 Å². The van der Waals surface area contributed by atoms with Crippen LogP contribution in [-0.4, -0.2) is 13.2 Å². The van der Waals surface area contributed by atoms with Crippen molar-refractivity contribution in [2.75, 3.05) is 23.9 Å². The minimum atomic E-state index is -0.227. The number of fused-ring (bicyclic) bond motifs is 1. The van der Waals surface area contributed by atoms with E-state index < -0.39 is 0 Å². The summed E-state index contributed by atoms with van der Waals surface area (Å²) in [6.45, 7) is 20.2. The molecule has 0 unspecified atom stereocenters. The van der Waals surface area contributed by atoms with Crippen molar-refractivity contribution >= 4 is 28.6 Å². The van der Waals surface area contributed by atoms with Crippen molar-refractivity contribution in [3.63, 3.8) is 0 Å². The van der Waals surface area contributed by atoms with E-state index >= 15 is 0 Å². The van der Waals surface area contributed by atoms with Gasteiger partial charge in [0, 0.05) is 24.5 Å². The molecule has 1 aliphatic rings. The van der Waals surface area contributed by atoms with E-state index in [1.54, 1.807) is 0 Å². The first-order valence-corrected chi connectivity index (χ1v) is 18.4. The van der Waals surface area contributed by atoms with E-state index in [9.17, 15) is 4.39 Å². The zero-order valence-corrected chi connectivity index (χ0v) is 32.1. The summed E-state index contributed by atoms with van der Waals surface area (Å²) in [4.78, 5) is 0. The number of nitrogens with one attached hydrogen (secondary N) is 2. The Balaban J connectivity index is 0.000000216. The van der Waals surface area contributed by atoms with E-state index in [2.05, 4.69) is 180 Å². The number of allylic oxidation sites excluding steroid dienone is 2. The fourth-order valence-electron chi connectivity index (χ4n) is 5.36. The highest BCUT2D eigenvalue weighted by molar-refractivity contribution is 5.88. The van der Waals surface area contributed by atoms with Crippen LogP contribution in [0.3, 0.4) is 0 Å². The van der Waals surface area contributed by atoms with Gasteiger partial charge in [-0.25, -0.2) is 0 Å². The first kappa shape index (κ1) is 40.5. The van der Waals surface area contributed by atoms with Crippen molar-refractivity contribution in [1.82, 2.24) is 0 Å². The second kappa shape index (κ2) is 22.0. The van der Waals surface area contributed by atoms with Gasteiger partial charge in [0.25, 0.3) is 0 Å².